The Morgan fingerprint density at radius 1 is 1.24 bits per heavy atom. The molecule has 0 fully saturated rings. The number of aryl methyl sites for hydroxylation is 1. The molecule has 1 heterocycles. The lowest BCUT2D eigenvalue weighted by molar-refractivity contribution is 0.0988. The highest BCUT2D eigenvalue weighted by molar-refractivity contribution is 6.02. The fraction of sp³-hybridized carbons (Fsp3) is 0.0909. The molecular weight excluding hydrogens is 230 g/mol. The minimum absolute atomic E-state index is 0.0153. The van der Waals surface area contributed by atoms with Crippen LogP contribution in [-0.4, -0.2) is 11.1 Å². The predicted octanol–water partition coefficient (Wildman–Crippen LogP) is 2.51. The van der Waals surface area contributed by atoms with E-state index in [4.69, 9.17) is 4.52 Å². The Kier molecular flexibility index (Phi) is 2.86. The molecule has 1 N–H and O–H groups in total. The molecule has 0 radical (unpaired) electrons. The van der Waals surface area contributed by atoms with Crippen molar-refractivity contribution < 1.29 is 18.1 Å². The molecule has 0 aliphatic rings. The van der Waals surface area contributed by atoms with Crippen LogP contribution in [0.25, 0.3) is 0 Å². The van der Waals surface area contributed by atoms with Gasteiger partial charge >= 0.3 is 0 Å². The SMILES string of the molecule is Cc1cc(C(=O)Nc2cc(F)cc(F)c2)on1. The van der Waals surface area contributed by atoms with Gasteiger partial charge in [0.15, 0.2) is 0 Å². The number of carbonyl (C=O) groups excluding carboxylic acids is 1. The number of rotatable bonds is 2. The number of amides is 1. The summed E-state index contributed by atoms with van der Waals surface area (Å²) in [5.41, 5.74) is 0.558. The minimum Gasteiger partial charge on any atom is -0.351 e. The largest absolute Gasteiger partial charge is 0.351 e. The van der Waals surface area contributed by atoms with E-state index in [1.807, 2.05) is 0 Å². The van der Waals surface area contributed by atoms with E-state index < -0.39 is 17.5 Å². The molecule has 0 unspecified atom stereocenters. The zero-order valence-electron chi connectivity index (χ0n) is 8.83. The Bertz CT molecular complexity index is 546. The Morgan fingerprint density at radius 2 is 1.88 bits per heavy atom. The third-order valence-electron chi connectivity index (χ3n) is 1.97. The fourth-order valence-electron chi connectivity index (χ4n) is 1.29. The molecule has 0 saturated carbocycles. The molecule has 1 aromatic heterocycles. The van der Waals surface area contributed by atoms with Crippen molar-refractivity contribution in [2.75, 3.05) is 5.32 Å². The van der Waals surface area contributed by atoms with E-state index in [0.717, 1.165) is 12.1 Å². The van der Waals surface area contributed by atoms with Crippen molar-refractivity contribution in [3.63, 3.8) is 0 Å². The molecule has 1 aromatic carbocycles. The van der Waals surface area contributed by atoms with Crippen LogP contribution in [0.3, 0.4) is 0 Å². The second-order valence-electron chi connectivity index (χ2n) is 3.44. The average molecular weight is 238 g/mol. The smallest absolute Gasteiger partial charge is 0.294 e. The van der Waals surface area contributed by atoms with Crippen molar-refractivity contribution in [3.8, 4) is 0 Å². The summed E-state index contributed by atoms with van der Waals surface area (Å²) in [5.74, 6) is -2.18. The van der Waals surface area contributed by atoms with Crippen molar-refractivity contribution in [2.45, 2.75) is 6.92 Å². The summed E-state index contributed by atoms with van der Waals surface area (Å²) < 4.78 is 30.4. The fourth-order valence-corrected chi connectivity index (χ4v) is 1.29. The lowest BCUT2D eigenvalue weighted by atomic mass is 10.3. The number of nitrogens with zero attached hydrogens (tertiary/aromatic N) is 1. The Labute approximate surface area is 95.2 Å². The maximum Gasteiger partial charge on any atom is 0.294 e. The van der Waals surface area contributed by atoms with Crippen LogP contribution in [0.4, 0.5) is 14.5 Å². The van der Waals surface area contributed by atoms with E-state index in [0.29, 0.717) is 11.8 Å². The van der Waals surface area contributed by atoms with Gasteiger partial charge in [0.25, 0.3) is 5.91 Å². The van der Waals surface area contributed by atoms with Crippen LogP contribution in [0, 0.1) is 18.6 Å². The molecule has 6 heteroatoms. The number of halogens is 2. The Balaban J connectivity index is 2.18. The van der Waals surface area contributed by atoms with Crippen LogP contribution in [0.1, 0.15) is 16.2 Å². The number of benzene rings is 1. The molecule has 0 atom stereocenters. The van der Waals surface area contributed by atoms with Crippen LogP contribution >= 0.6 is 0 Å². The van der Waals surface area contributed by atoms with Crippen LogP contribution in [0.2, 0.25) is 0 Å². The van der Waals surface area contributed by atoms with E-state index in [9.17, 15) is 13.6 Å². The Morgan fingerprint density at radius 3 is 2.41 bits per heavy atom. The van der Waals surface area contributed by atoms with Crippen molar-refractivity contribution in [3.05, 3.63) is 47.4 Å². The molecule has 0 spiro atoms. The van der Waals surface area contributed by atoms with Crippen LogP contribution in [-0.2, 0) is 0 Å². The predicted molar refractivity (Wildman–Crippen MR) is 55.6 cm³/mol. The number of aromatic nitrogens is 1. The first kappa shape index (κ1) is 11.3. The second kappa shape index (κ2) is 4.32. The molecule has 0 bridgehead atoms. The molecule has 1 amide bonds. The van der Waals surface area contributed by atoms with Crippen molar-refractivity contribution >= 4 is 11.6 Å². The van der Waals surface area contributed by atoms with E-state index >= 15 is 0 Å². The molecule has 4 nitrogen and oxygen atoms in total. The summed E-state index contributed by atoms with van der Waals surface area (Å²) in [6.07, 6.45) is 0. The molecule has 2 rings (SSSR count). The van der Waals surface area contributed by atoms with Gasteiger partial charge in [0.1, 0.15) is 11.6 Å². The van der Waals surface area contributed by atoms with E-state index in [1.165, 1.54) is 6.07 Å². The molecule has 0 aliphatic carbocycles. The highest BCUT2D eigenvalue weighted by atomic mass is 19.1. The normalized spacial score (nSPS) is 10.3. The zero-order valence-corrected chi connectivity index (χ0v) is 8.83. The highest BCUT2D eigenvalue weighted by Crippen LogP contribution is 2.14. The van der Waals surface area contributed by atoms with Gasteiger partial charge in [-0.05, 0) is 19.1 Å². The number of hydrogen-bond acceptors (Lipinski definition) is 3. The molecular formula is C11H8F2N2O2. The van der Waals surface area contributed by atoms with E-state index in [-0.39, 0.29) is 11.4 Å². The first-order chi connectivity index (χ1) is 8.04. The van der Waals surface area contributed by atoms with Gasteiger partial charge in [-0.2, -0.15) is 0 Å². The monoisotopic (exact) mass is 238 g/mol. The summed E-state index contributed by atoms with van der Waals surface area (Å²) in [6, 6.07) is 4.15. The number of carbonyl (C=O) groups is 1. The van der Waals surface area contributed by atoms with Gasteiger partial charge in [0.2, 0.25) is 5.76 Å². The topological polar surface area (TPSA) is 55.1 Å². The summed E-state index contributed by atoms with van der Waals surface area (Å²) in [5, 5.41) is 5.83. The standard InChI is InChI=1S/C11H8F2N2O2/c1-6-2-10(17-15-6)11(16)14-9-4-7(12)3-8(13)5-9/h2-5H,1H3,(H,14,16). The first-order valence-corrected chi connectivity index (χ1v) is 4.75. The summed E-state index contributed by atoms with van der Waals surface area (Å²) >= 11 is 0. The van der Waals surface area contributed by atoms with Crippen molar-refractivity contribution in [2.24, 2.45) is 0 Å². The van der Waals surface area contributed by atoms with Gasteiger partial charge in [-0.3, -0.25) is 4.79 Å². The lowest BCUT2D eigenvalue weighted by Gasteiger charge is -2.02. The van der Waals surface area contributed by atoms with E-state index in [2.05, 4.69) is 10.5 Å². The average Bonchev–Trinajstić information content (AvgIpc) is 2.63. The van der Waals surface area contributed by atoms with E-state index in [1.54, 1.807) is 6.92 Å². The third-order valence-corrected chi connectivity index (χ3v) is 1.97. The maximum atomic E-state index is 12.9. The van der Waals surface area contributed by atoms with Crippen LogP contribution < -0.4 is 5.32 Å². The Hall–Kier alpha value is -2.24. The number of nitrogens with one attached hydrogen (secondary N) is 1. The molecule has 2 aromatic rings. The molecule has 88 valence electrons. The number of anilines is 1. The highest BCUT2D eigenvalue weighted by Gasteiger charge is 2.12. The lowest BCUT2D eigenvalue weighted by Crippen LogP contribution is -2.11. The van der Waals surface area contributed by atoms with Gasteiger partial charge < -0.3 is 9.84 Å². The molecule has 0 saturated heterocycles. The van der Waals surface area contributed by atoms with Crippen molar-refractivity contribution in [1.29, 1.82) is 0 Å². The van der Waals surface area contributed by atoms with Gasteiger partial charge in [-0.1, -0.05) is 5.16 Å². The van der Waals surface area contributed by atoms with Crippen LogP contribution in [0.15, 0.2) is 28.8 Å². The quantitative estimate of drug-likeness (QED) is 0.874. The van der Waals surface area contributed by atoms with Gasteiger partial charge in [-0.15, -0.1) is 0 Å². The van der Waals surface area contributed by atoms with Crippen molar-refractivity contribution in [1.82, 2.24) is 5.16 Å². The summed E-state index contributed by atoms with van der Waals surface area (Å²) in [6.45, 7) is 1.65. The zero-order chi connectivity index (χ0) is 12.4. The second-order valence-corrected chi connectivity index (χ2v) is 3.44. The maximum absolute atomic E-state index is 12.9. The molecule has 0 aliphatic heterocycles. The van der Waals surface area contributed by atoms with Gasteiger partial charge in [-0.25, -0.2) is 8.78 Å². The number of hydrogen-bond donors (Lipinski definition) is 1. The summed E-state index contributed by atoms with van der Waals surface area (Å²) in [4.78, 5) is 11.6. The van der Waals surface area contributed by atoms with Gasteiger partial charge in [0, 0.05) is 17.8 Å². The minimum atomic E-state index is -0.769. The molecule has 17 heavy (non-hydrogen) atoms. The third kappa shape index (κ3) is 2.66. The van der Waals surface area contributed by atoms with Gasteiger partial charge in [0.05, 0.1) is 5.69 Å². The van der Waals surface area contributed by atoms with Crippen LogP contribution in [0.5, 0.6) is 0 Å². The summed E-state index contributed by atoms with van der Waals surface area (Å²) in [7, 11) is 0. The first-order valence-electron chi connectivity index (χ1n) is 4.75.